The number of esters is 1. The lowest BCUT2D eigenvalue weighted by Crippen LogP contribution is -2.51. The number of methoxy groups -OCH3 is 1. The number of nitrogens with one attached hydrogen (secondary N) is 2. The van der Waals surface area contributed by atoms with Crippen LogP contribution < -0.4 is 15.4 Å². The van der Waals surface area contributed by atoms with E-state index in [0.717, 1.165) is 11.3 Å². The minimum Gasteiger partial charge on any atom is -0.497 e. The molecule has 6 heteroatoms. The Labute approximate surface area is 135 Å². The molecule has 0 aromatic heterocycles. The predicted octanol–water partition coefficient (Wildman–Crippen LogP) is 2.30. The van der Waals surface area contributed by atoms with Gasteiger partial charge in [-0.2, -0.15) is 0 Å². The maximum atomic E-state index is 12.4. The minimum absolute atomic E-state index is 0.189. The van der Waals surface area contributed by atoms with E-state index in [1.807, 2.05) is 38.1 Å². The van der Waals surface area contributed by atoms with Crippen LogP contribution in [0.15, 0.2) is 36.5 Å². The lowest BCUT2D eigenvalue weighted by atomic mass is 9.89. The van der Waals surface area contributed by atoms with Gasteiger partial charge >= 0.3 is 5.97 Å². The standard InChI is InChI=1S/C16H20N2O3S/c1-9(2)21-15(19)13-10(3)17-16(22)18-14(13)11-5-7-12(20-4)8-6-11/h5-9,13-14H,3H2,1-2,4H3,(H2,17,18,22). The second kappa shape index (κ2) is 6.79. The van der Waals surface area contributed by atoms with Gasteiger partial charge in [0, 0.05) is 5.70 Å². The van der Waals surface area contributed by atoms with Crippen molar-refractivity contribution in [2.75, 3.05) is 7.11 Å². The first-order valence-corrected chi connectivity index (χ1v) is 7.44. The van der Waals surface area contributed by atoms with Crippen molar-refractivity contribution in [3.8, 4) is 5.75 Å². The van der Waals surface area contributed by atoms with Crippen molar-refractivity contribution in [1.82, 2.24) is 10.6 Å². The smallest absolute Gasteiger partial charge is 0.317 e. The van der Waals surface area contributed by atoms with E-state index in [2.05, 4.69) is 17.2 Å². The Hall–Kier alpha value is -2.08. The molecule has 1 aromatic carbocycles. The fourth-order valence-corrected chi connectivity index (χ4v) is 2.61. The Bertz CT molecular complexity index is 584. The van der Waals surface area contributed by atoms with Gasteiger partial charge in [-0.15, -0.1) is 0 Å². The molecule has 1 heterocycles. The number of hydrogen-bond acceptors (Lipinski definition) is 4. The second-order valence-corrected chi connectivity index (χ2v) is 5.75. The van der Waals surface area contributed by atoms with Gasteiger partial charge in [-0.1, -0.05) is 18.7 Å². The third kappa shape index (κ3) is 3.57. The van der Waals surface area contributed by atoms with Gasteiger partial charge in [-0.05, 0) is 43.8 Å². The van der Waals surface area contributed by atoms with E-state index in [1.54, 1.807) is 7.11 Å². The molecule has 0 spiro atoms. The fraction of sp³-hybridized carbons (Fsp3) is 0.375. The van der Waals surface area contributed by atoms with E-state index in [4.69, 9.17) is 21.7 Å². The zero-order valence-electron chi connectivity index (χ0n) is 12.9. The molecule has 0 radical (unpaired) electrons. The van der Waals surface area contributed by atoms with Crippen LogP contribution in [0.4, 0.5) is 0 Å². The fourth-order valence-electron chi connectivity index (χ4n) is 2.36. The molecule has 1 fully saturated rings. The molecule has 118 valence electrons. The largest absolute Gasteiger partial charge is 0.497 e. The van der Waals surface area contributed by atoms with Gasteiger partial charge in [-0.25, -0.2) is 0 Å². The Morgan fingerprint density at radius 3 is 2.50 bits per heavy atom. The van der Waals surface area contributed by atoms with Gasteiger partial charge in [-0.3, -0.25) is 4.79 Å². The maximum absolute atomic E-state index is 12.4. The number of hydrogen-bond donors (Lipinski definition) is 2. The third-order valence-electron chi connectivity index (χ3n) is 3.35. The molecule has 5 nitrogen and oxygen atoms in total. The molecule has 1 saturated heterocycles. The first-order chi connectivity index (χ1) is 10.4. The summed E-state index contributed by atoms with van der Waals surface area (Å²) in [7, 11) is 1.61. The van der Waals surface area contributed by atoms with Crippen LogP contribution in [0.1, 0.15) is 25.5 Å². The number of ether oxygens (including phenoxy) is 2. The maximum Gasteiger partial charge on any atom is 0.317 e. The summed E-state index contributed by atoms with van der Waals surface area (Å²) >= 11 is 5.18. The molecule has 1 aromatic rings. The molecule has 22 heavy (non-hydrogen) atoms. The zero-order valence-corrected chi connectivity index (χ0v) is 13.7. The van der Waals surface area contributed by atoms with Gasteiger partial charge < -0.3 is 20.1 Å². The quantitative estimate of drug-likeness (QED) is 0.656. The molecule has 2 unspecified atom stereocenters. The average molecular weight is 320 g/mol. The highest BCUT2D eigenvalue weighted by Crippen LogP contribution is 2.31. The molecule has 0 saturated carbocycles. The van der Waals surface area contributed by atoms with Crippen molar-refractivity contribution in [2.24, 2.45) is 5.92 Å². The highest BCUT2D eigenvalue weighted by atomic mass is 32.1. The number of thiocarbonyl (C=S) groups is 1. The van der Waals surface area contributed by atoms with E-state index in [0.29, 0.717) is 10.8 Å². The first-order valence-electron chi connectivity index (χ1n) is 7.03. The molecule has 0 bridgehead atoms. The predicted molar refractivity (Wildman–Crippen MR) is 88.5 cm³/mol. The van der Waals surface area contributed by atoms with Gasteiger partial charge in [0.15, 0.2) is 5.11 Å². The van der Waals surface area contributed by atoms with E-state index < -0.39 is 5.92 Å². The molecule has 2 atom stereocenters. The van der Waals surface area contributed by atoms with Crippen LogP contribution in [0.3, 0.4) is 0 Å². The summed E-state index contributed by atoms with van der Waals surface area (Å²) in [6.45, 7) is 7.55. The molecule has 2 rings (SSSR count). The summed E-state index contributed by atoms with van der Waals surface area (Å²) in [4.78, 5) is 12.4. The molecule has 0 amide bonds. The van der Waals surface area contributed by atoms with Gasteiger partial charge in [0.2, 0.25) is 0 Å². The van der Waals surface area contributed by atoms with Crippen molar-refractivity contribution in [3.63, 3.8) is 0 Å². The SMILES string of the molecule is C=C1NC(=S)NC(c2ccc(OC)cc2)C1C(=O)OC(C)C. The molecule has 2 N–H and O–H groups in total. The summed E-state index contributed by atoms with van der Waals surface area (Å²) in [6.07, 6.45) is -0.189. The lowest BCUT2D eigenvalue weighted by Gasteiger charge is -2.35. The molecular weight excluding hydrogens is 300 g/mol. The van der Waals surface area contributed by atoms with Crippen LogP contribution in [0.5, 0.6) is 5.75 Å². The van der Waals surface area contributed by atoms with E-state index in [-0.39, 0.29) is 18.1 Å². The zero-order chi connectivity index (χ0) is 16.3. The van der Waals surface area contributed by atoms with E-state index in [9.17, 15) is 4.79 Å². The highest BCUT2D eigenvalue weighted by molar-refractivity contribution is 7.80. The Balaban J connectivity index is 2.31. The van der Waals surface area contributed by atoms with Crippen LogP contribution in [0, 0.1) is 5.92 Å². The molecule has 1 aliphatic heterocycles. The summed E-state index contributed by atoms with van der Waals surface area (Å²) < 4.78 is 10.5. The van der Waals surface area contributed by atoms with Crippen LogP contribution >= 0.6 is 12.2 Å². The van der Waals surface area contributed by atoms with Crippen molar-refractivity contribution in [1.29, 1.82) is 0 Å². The summed E-state index contributed by atoms with van der Waals surface area (Å²) in [5.74, 6) is -0.133. The molecule has 0 aliphatic carbocycles. The number of benzene rings is 1. The highest BCUT2D eigenvalue weighted by Gasteiger charge is 2.38. The third-order valence-corrected chi connectivity index (χ3v) is 3.57. The Morgan fingerprint density at radius 2 is 1.95 bits per heavy atom. The van der Waals surface area contributed by atoms with Crippen LogP contribution in [0.25, 0.3) is 0 Å². The summed E-state index contributed by atoms with van der Waals surface area (Å²) in [6, 6.07) is 7.16. The van der Waals surface area contributed by atoms with E-state index in [1.165, 1.54) is 0 Å². The Morgan fingerprint density at radius 1 is 1.32 bits per heavy atom. The van der Waals surface area contributed by atoms with Gasteiger partial charge in [0.05, 0.1) is 19.3 Å². The van der Waals surface area contributed by atoms with Gasteiger partial charge in [0.25, 0.3) is 0 Å². The van der Waals surface area contributed by atoms with Crippen molar-refractivity contribution >= 4 is 23.3 Å². The van der Waals surface area contributed by atoms with Crippen LogP contribution in [-0.2, 0) is 9.53 Å². The van der Waals surface area contributed by atoms with Crippen molar-refractivity contribution < 1.29 is 14.3 Å². The topological polar surface area (TPSA) is 59.6 Å². The lowest BCUT2D eigenvalue weighted by molar-refractivity contribution is -0.152. The number of carbonyl (C=O) groups is 1. The molecule has 1 aliphatic rings. The minimum atomic E-state index is -0.553. The number of rotatable bonds is 4. The van der Waals surface area contributed by atoms with E-state index >= 15 is 0 Å². The summed E-state index contributed by atoms with van der Waals surface area (Å²) in [5.41, 5.74) is 1.45. The van der Waals surface area contributed by atoms with Gasteiger partial charge in [0.1, 0.15) is 11.7 Å². The number of carbonyl (C=O) groups excluding carboxylic acids is 1. The normalized spacial score (nSPS) is 21.1. The summed E-state index contributed by atoms with van der Waals surface area (Å²) in [5, 5.41) is 6.47. The van der Waals surface area contributed by atoms with Crippen molar-refractivity contribution in [3.05, 3.63) is 42.1 Å². The monoisotopic (exact) mass is 320 g/mol. The van der Waals surface area contributed by atoms with Crippen LogP contribution in [-0.4, -0.2) is 24.3 Å². The first kappa shape index (κ1) is 16.3. The Kier molecular flexibility index (Phi) is 5.03. The average Bonchev–Trinajstić information content (AvgIpc) is 2.45. The van der Waals surface area contributed by atoms with Crippen molar-refractivity contribution in [2.45, 2.75) is 26.0 Å². The second-order valence-electron chi connectivity index (χ2n) is 5.34. The van der Waals surface area contributed by atoms with Crippen LogP contribution in [0.2, 0.25) is 0 Å². The molecular formula is C16H20N2O3S.